The topological polar surface area (TPSA) is 38.3 Å². The first-order valence-corrected chi connectivity index (χ1v) is 6.27. The van der Waals surface area contributed by atoms with E-state index in [0.29, 0.717) is 13.2 Å². The number of carbonyl (C=O) groups is 1. The number of benzene rings is 1. The summed E-state index contributed by atoms with van der Waals surface area (Å²) in [7, 11) is 0. The molecule has 0 bridgehead atoms. The van der Waals surface area contributed by atoms with Crippen LogP contribution in [0.5, 0.6) is 0 Å². The molecule has 1 saturated heterocycles. The van der Waals surface area contributed by atoms with Crippen molar-refractivity contribution < 1.29 is 9.53 Å². The van der Waals surface area contributed by atoms with Crippen LogP contribution in [0.4, 0.5) is 0 Å². The van der Waals surface area contributed by atoms with Gasteiger partial charge in [0.2, 0.25) is 5.91 Å². The first-order chi connectivity index (χ1) is 8.25. The van der Waals surface area contributed by atoms with Gasteiger partial charge in [0.25, 0.3) is 0 Å². The maximum atomic E-state index is 11.6. The Labute approximate surface area is 106 Å². The van der Waals surface area contributed by atoms with Crippen molar-refractivity contribution in [1.82, 2.24) is 5.32 Å². The first-order valence-electron chi connectivity index (χ1n) is 5.89. The lowest BCUT2D eigenvalue weighted by atomic mass is 10.1. The van der Waals surface area contributed by atoms with Gasteiger partial charge >= 0.3 is 0 Å². The van der Waals surface area contributed by atoms with E-state index in [1.54, 1.807) is 0 Å². The summed E-state index contributed by atoms with van der Waals surface area (Å²) in [5.74, 6) is 0.00419. The molecule has 1 aliphatic rings. The summed E-state index contributed by atoms with van der Waals surface area (Å²) in [6.07, 6.45) is 2.36. The standard InChI is InChI=1S/C13H16ClNO2/c14-11-4-1-3-10(9-11)6-7-15-13(16)12-5-2-8-17-12/h1,3-4,9,12H,2,5-8H2,(H,15,16)/t12-/m1/s1. The molecule has 2 rings (SSSR count). The zero-order valence-corrected chi connectivity index (χ0v) is 10.4. The number of hydrogen-bond donors (Lipinski definition) is 1. The Morgan fingerprint density at radius 2 is 2.41 bits per heavy atom. The van der Waals surface area contributed by atoms with Crippen molar-refractivity contribution in [1.29, 1.82) is 0 Å². The van der Waals surface area contributed by atoms with Crippen molar-refractivity contribution in [2.45, 2.75) is 25.4 Å². The van der Waals surface area contributed by atoms with Crippen molar-refractivity contribution in [2.24, 2.45) is 0 Å². The van der Waals surface area contributed by atoms with E-state index in [4.69, 9.17) is 16.3 Å². The van der Waals surface area contributed by atoms with E-state index in [0.717, 1.165) is 29.8 Å². The van der Waals surface area contributed by atoms with E-state index in [9.17, 15) is 4.79 Å². The van der Waals surface area contributed by atoms with Gasteiger partial charge in [-0.15, -0.1) is 0 Å². The van der Waals surface area contributed by atoms with Gasteiger partial charge in [0.05, 0.1) is 0 Å². The normalized spacial score (nSPS) is 19.2. The summed E-state index contributed by atoms with van der Waals surface area (Å²) in [6, 6.07) is 7.68. The molecule has 0 spiro atoms. The molecule has 1 aromatic rings. The highest BCUT2D eigenvalue weighted by Crippen LogP contribution is 2.12. The van der Waals surface area contributed by atoms with E-state index >= 15 is 0 Å². The molecule has 1 aromatic carbocycles. The van der Waals surface area contributed by atoms with Crippen LogP contribution >= 0.6 is 11.6 Å². The Bertz CT molecular complexity index is 389. The molecule has 1 aliphatic heterocycles. The Kier molecular flexibility index (Phi) is 4.40. The molecule has 1 amide bonds. The second kappa shape index (κ2) is 6.03. The predicted octanol–water partition coefficient (Wildman–Crippen LogP) is 2.18. The minimum Gasteiger partial charge on any atom is -0.368 e. The fourth-order valence-corrected chi connectivity index (χ4v) is 2.13. The van der Waals surface area contributed by atoms with E-state index in [1.165, 1.54) is 0 Å². The summed E-state index contributed by atoms with van der Waals surface area (Å²) in [4.78, 5) is 11.6. The Hall–Kier alpha value is -1.06. The molecule has 92 valence electrons. The summed E-state index contributed by atoms with van der Waals surface area (Å²) in [6.45, 7) is 1.32. The van der Waals surface area contributed by atoms with Gasteiger partial charge in [-0.2, -0.15) is 0 Å². The Morgan fingerprint density at radius 1 is 1.53 bits per heavy atom. The van der Waals surface area contributed by atoms with Crippen LogP contribution in [0.3, 0.4) is 0 Å². The molecule has 0 aromatic heterocycles. The van der Waals surface area contributed by atoms with Gasteiger partial charge in [-0.1, -0.05) is 23.7 Å². The van der Waals surface area contributed by atoms with Crippen molar-refractivity contribution >= 4 is 17.5 Å². The molecule has 1 atom stereocenters. The minimum absolute atomic E-state index is 0.00419. The molecule has 3 nitrogen and oxygen atoms in total. The largest absolute Gasteiger partial charge is 0.368 e. The number of nitrogens with one attached hydrogen (secondary N) is 1. The monoisotopic (exact) mass is 253 g/mol. The minimum atomic E-state index is -0.241. The number of carbonyl (C=O) groups excluding carboxylic acids is 1. The van der Waals surface area contributed by atoms with Crippen molar-refractivity contribution in [3.05, 3.63) is 34.9 Å². The highest BCUT2D eigenvalue weighted by molar-refractivity contribution is 6.30. The van der Waals surface area contributed by atoms with Gasteiger partial charge in [-0.25, -0.2) is 0 Å². The van der Waals surface area contributed by atoms with Crippen LogP contribution in [-0.2, 0) is 16.0 Å². The molecule has 0 aliphatic carbocycles. The summed E-state index contributed by atoms with van der Waals surface area (Å²) >= 11 is 5.88. The van der Waals surface area contributed by atoms with Gasteiger partial charge in [0.1, 0.15) is 6.10 Å². The highest BCUT2D eigenvalue weighted by Gasteiger charge is 2.22. The van der Waals surface area contributed by atoms with Gasteiger partial charge in [-0.3, -0.25) is 4.79 Å². The Balaban J connectivity index is 1.73. The van der Waals surface area contributed by atoms with Gasteiger partial charge in [0.15, 0.2) is 0 Å². The molecule has 0 saturated carbocycles. The molecular weight excluding hydrogens is 238 g/mol. The smallest absolute Gasteiger partial charge is 0.249 e. The maximum absolute atomic E-state index is 11.6. The zero-order chi connectivity index (χ0) is 12.1. The molecule has 1 fully saturated rings. The molecule has 0 radical (unpaired) electrons. The van der Waals surface area contributed by atoms with Crippen LogP contribution in [0.2, 0.25) is 5.02 Å². The third kappa shape index (κ3) is 3.72. The number of amides is 1. The zero-order valence-electron chi connectivity index (χ0n) is 9.62. The maximum Gasteiger partial charge on any atom is 0.249 e. The molecule has 4 heteroatoms. The van der Waals surface area contributed by atoms with Gasteiger partial charge in [-0.05, 0) is 37.0 Å². The van der Waals surface area contributed by atoms with Gasteiger partial charge in [0, 0.05) is 18.2 Å². The van der Waals surface area contributed by atoms with Crippen LogP contribution in [-0.4, -0.2) is 25.2 Å². The van der Waals surface area contributed by atoms with Crippen LogP contribution < -0.4 is 5.32 Å². The third-order valence-electron chi connectivity index (χ3n) is 2.82. The fourth-order valence-electron chi connectivity index (χ4n) is 1.92. The molecule has 1 N–H and O–H groups in total. The number of ether oxygens (including phenoxy) is 1. The number of halogens is 1. The van der Waals surface area contributed by atoms with Crippen LogP contribution in [0.25, 0.3) is 0 Å². The first kappa shape index (κ1) is 12.4. The fraction of sp³-hybridized carbons (Fsp3) is 0.462. The number of hydrogen-bond acceptors (Lipinski definition) is 2. The summed E-state index contributed by atoms with van der Waals surface area (Å²) in [5, 5.41) is 3.62. The second-order valence-electron chi connectivity index (χ2n) is 4.17. The summed E-state index contributed by atoms with van der Waals surface area (Å²) < 4.78 is 5.30. The van der Waals surface area contributed by atoms with Crippen molar-refractivity contribution in [2.75, 3.05) is 13.2 Å². The van der Waals surface area contributed by atoms with Crippen LogP contribution in [0.1, 0.15) is 18.4 Å². The molecule has 17 heavy (non-hydrogen) atoms. The van der Waals surface area contributed by atoms with Crippen LogP contribution in [0.15, 0.2) is 24.3 Å². The number of rotatable bonds is 4. The lowest BCUT2D eigenvalue weighted by Gasteiger charge is -2.10. The molecule has 1 heterocycles. The van der Waals surface area contributed by atoms with Crippen molar-refractivity contribution in [3.63, 3.8) is 0 Å². The average molecular weight is 254 g/mol. The van der Waals surface area contributed by atoms with Crippen molar-refractivity contribution in [3.8, 4) is 0 Å². The second-order valence-corrected chi connectivity index (χ2v) is 4.61. The molecular formula is C13H16ClNO2. The van der Waals surface area contributed by atoms with Crippen LogP contribution in [0, 0.1) is 0 Å². The quantitative estimate of drug-likeness (QED) is 0.893. The van der Waals surface area contributed by atoms with E-state index in [1.807, 2.05) is 24.3 Å². The third-order valence-corrected chi connectivity index (χ3v) is 3.06. The summed E-state index contributed by atoms with van der Waals surface area (Å²) in [5.41, 5.74) is 1.13. The Morgan fingerprint density at radius 3 is 3.12 bits per heavy atom. The van der Waals surface area contributed by atoms with Gasteiger partial charge < -0.3 is 10.1 Å². The molecule has 0 unspecified atom stereocenters. The predicted molar refractivity (Wildman–Crippen MR) is 67.1 cm³/mol. The lowest BCUT2D eigenvalue weighted by Crippen LogP contribution is -2.35. The van der Waals surface area contributed by atoms with E-state index in [-0.39, 0.29) is 12.0 Å². The lowest BCUT2D eigenvalue weighted by molar-refractivity contribution is -0.129. The van der Waals surface area contributed by atoms with E-state index in [2.05, 4.69) is 5.32 Å². The highest BCUT2D eigenvalue weighted by atomic mass is 35.5. The SMILES string of the molecule is O=C(NCCc1cccc(Cl)c1)[C@H]1CCCO1. The van der Waals surface area contributed by atoms with E-state index < -0.39 is 0 Å². The average Bonchev–Trinajstić information content (AvgIpc) is 2.82.